The molecule has 3 aromatic rings. The van der Waals surface area contributed by atoms with Crippen LogP contribution in [0.25, 0.3) is 10.9 Å². The molecule has 1 aromatic heterocycles. The molecule has 2 fully saturated rings. The number of aromatic nitrogens is 1. The Hall–Kier alpha value is -2.54. The van der Waals surface area contributed by atoms with E-state index in [-0.39, 0.29) is 24.0 Å². The van der Waals surface area contributed by atoms with Crippen molar-refractivity contribution in [3.05, 3.63) is 64.3 Å². The second-order valence-corrected chi connectivity index (χ2v) is 10.6. The van der Waals surface area contributed by atoms with Gasteiger partial charge in [-0.15, -0.1) is 0 Å². The van der Waals surface area contributed by atoms with Gasteiger partial charge in [-0.3, -0.25) is 9.69 Å². The summed E-state index contributed by atoms with van der Waals surface area (Å²) in [7, 11) is 3.76. The van der Waals surface area contributed by atoms with Gasteiger partial charge in [0, 0.05) is 66.7 Å². The molecule has 0 radical (unpaired) electrons. The first-order valence-electron chi connectivity index (χ1n) is 12.0. The smallest absolute Gasteiger partial charge is 0.225 e. The number of aliphatic hydroxyl groups excluding tert-OH is 1. The summed E-state index contributed by atoms with van der Waals surface area (Å²) >= 11 is 6.28. The fourth-order valence-corrected chi connectivity index (χ4v) is 6.40. The summed E-state index contributed by atoms with van der Waals surface area (Å²) in [6, 6.07) is 14.0. The zero-order chi connectivity index (χ0) is 23.6. The Morgan fingerprint density at radius 1 is 1.18 bits per heavy atom. The fraction of sp³-hybridized carbons (Fsp3) is 0.444. The van der Waals surface area contributed by atoms with E-state index in [1.807, 2.05) is 29.2 Å². The van der Waals surface area contributed by atoms with Crippen molar-refractivity contribution >= 4 is 28.4 Å². The number of hydrogen-bond acceptors (Lipinski definition) is 4. The second kappa shape index (κ2) is 8.01. The first-order valence-corrected chi connectivity index (χ1v) is 12.4. The van der Waals surface area contributed by atoms with Gasteiger partial charge in [0.25, 0.3) is 0 Å². The van der Waals surface area contributed by atoms with Gasteiger partial charge < -0.3 is 19.3 Å². The minimum absolute atomic E-state index is 0.0235. The largest absolute Gasteiger partial charge is 0.497 e. The molecule has 1 spiro atoms. The standard InChI is InChI=1S/C27H30ClN3O3/c1-29-22-11-20(34-2)8-9-21(22)24-25(29)23(13-32)30(12-17-4-3-5-19(28)10-17)14-27(24)15-31(16-27)26(33)18-6-7-18/h3-5,8-11,18,23,32H,6-7,12-16H2,1-2H3/t23-/m0/s1. The van der Waals surface area contributed by atoms with Crippen molar-refractivity contribution in [1.29, 1.82) is 0 Å². The Balaban J connectivity index is 1.46. The van der Waals surface area contributed by atoms with E-state index in [9.17, 15) is 9.90 Å². The number of halogens is 1. The van der Waals surface area contributed by atoms with Crippen LogP contribution in [0.5, 0.6) is 5.75 Å². The van der Waals surface area contributed by atoms with E-state index in [4.69, 9.17) is 16.3 Å². The zero-order valence-electron chi connectivity index (χ0n) is 19.6. The molecule has 7 heteroatoms. The topological polar surface area (TPSA) is 57.9 Å². The molecule has 0 unspecified atom stereocenters. The van der Waals surface area contributed by atoms with Crippen molar-refractivity contribution in [2.75, 3.05) is 33.4 Å². The van der Waals surface area contributed by atoms with Crippen LogP contribution in [0, 0.1) is 5.92 Å². The number of ether oxygens (including phenoxy) is 1. The SMILES string of the molecule is COc1ccc2c3c(n(C)c2c1)[C@H](CO)N(Cc1cccc(Cl)c1)CC31CN(C(=O)C2CC2)C1. The lowest BCUT2D eigenvalue weighted by molar-refractivity contribution is -0.142. The molecule has 1 aliphatic carbocycles. The highest BCUT2D eigenvalue weighted by Gasteiger charge is 2.55. The highest BCUT2D eigenvalue weighted by atomic mass is 35.5. The fourth-order valence-electron chi connectivity index (χ4n) is 6.19. The summed E-state index contributed by atoms with van der Waals surface area (Å²) in [5, 5.41) is 12.5. The van der Waals surface area contributed by atoms with Crippen LogP contribution in [0.1, 0.15) is 35.7 Å². The van der Waals surface area contributed by atoms with Gasteiger partial charge in [-0.2, -0.15) is 0 Å². The lowest BCUT2D eigenvalue weighted by Gasteiger charge is -2.56. The number of aliphatic hydroxyl groups is 1. The summed E-state index contributed by atoms with van der Waals surface area (Å²) in [5.74, 6) is 1.35. The van der Waals surface area contributed by atoms with E-state index in [0.29, 0.717) is 17.5 Å². The molecule has 3 heterocycles. The maximum absolute atomic E-state index is 12.8. The Kier molecular flexibility index (Phi) is 5.17. The highest BCUT2D eigenvalue weighted by molar-refractivity contribution is 6.30. The van der Waals surface area contributed by atoms with Crippen molar-refractivity contribution in [2.24, 2.45) is 13.0 Å². The van der Waals surface area contributed by atoms with Gasteiger partial charge in [-0.05, 0) is 48.2 Å². The predicted octanol–water partition coefficient (Wildman–Crippen LogP) is 3.88. The molecular formula is C27H30ClN3O3. The number of rotatable bonds is 5. The number of aryl methyl sites for hydroxylation is 1. The van der Waals surface area contributed by atoms with Crippen molar-refractivity contribution < 1.29 is 14.6 Å². The maximum atomic E-state index is 12.8. The number of likely N-dealkylation sites (tertiary alicyclic amines) is 1. The maximum Gasteiger partial charge on any atom is 0.225 e. The minimum atomic E-state index is -0.155. The normalized spacial score (nSPS) is 21.5. The number of methoxy groups -OCH3 is 1. The van der Waals surface area contributed by atoms with E-state index >= 15 is 0 Å². The molecule has 3 aliphatic rings. The number of carbonyl (C=O) groups is 1. The highest BCUT2D eigenvalue weighted by Crippen LogP contribution is 2.50. The van der Waals surface area contributed by atoms with Gasteiger partial charge in [-0.25, -0.2) is 0 Å². The van der Waals surface area contributed by atoms with Crippen LogP contribution in [-0.4, -0.2) is 58.7 Å². The van der Waals surface area contributed by atoms with Crippen molar-refractivity contribution in [3.63, 3.8) is 0 Å². The van der Waals surface area contributed by atoms with E-state index in [2.05, 4.69) is 34.7 Å². The molecule has 1 saturated carbocycles. The number of nitrogens with zero attached hydrogens (tertiary/aromatic N) is 3. The zero-order valence-corrected chi connectivity index (χ0v) is 20.4. The van der Waals surface area contributed by atoms with Crippen LogP contribution >= 0.6 is 11.6 Å². The van der Waals surface area contributed by atoms with E-state index in [0.717, 1.165) is 55.0 Å². The number of benzene rings is 2. The average molecular weight is 480 g/mol. The molecule has 2 aliphatic heterocycles. The van der Waals surface area contributed by atoms with E-state index in [1.165, 1.54) is 10.9 Å². The van der Waals surface area contributed by atoms with Crippen LogP contribution in [0.15, 0.2) is 42.5 Å². The molecule has 1 atom stereocenters. The molecular weight excluding hydrogens is 450 g/mol. The minimum Gasteiger partial charge on any atom is -0.497 e. The predicted molar refractivity (Wildman–Crippen MR) is 132 cm³/mol. The van der Waals surface area contributed by atoms with Gasteiger partial charge in [0.15, 0.2) is 0 Å². The Labute approximate surface area is 204 Å². The van der Waals surface area contributed by atoms with Crippen LogP contribution < -0.4 is 4.74 Å². The third-order valence-electron chi connectivity index (χ3n) is 7.92. The first-order chi connectivity index (χ1) is 16.4. The summed E-state index contributed by atoms with van der Waals surface area (Å²) in [5.41, 5.74) is 4.48. The van der Waals surface area contributed by atoms with Crippen LogP contribution in [0.2, 0.25) is 5.02 Å². The average Bonchev–Trinajstić information content (AvgIpc) is 3.62. The number of fused-ring (bicyclic) bond motifs is 4. The lowest BCUT2D eigenvalue weighted by atomic mass is 9.68. The summed E-state index contributed by atoms with van der Waals surface area (Å²) in [6.07, 6.45) is 2.05. The Bertz CT molecular complexity index is 1280. The molecule has 1 amide bonds. The monoisotopic (exact) mass is 479 g/mol. The summed E-state index contributed by atoms with van der Waals surface area (Å²) in [6.45, 7) is 2.96. The first kappa shape index (κ1) is 22.0. The van der Waals surface area contributed by atoms with E-state index in [1.54, 1.807) is 7.11 Å². The quantitative estimate of drug-likeness (QED) is 0.603. The molecule has 2 aromatic carbocycles. The van der Waals surface area contributed by atoms with Crippen molar-refractivity contribution in [1.82, 2.24) is 14.4 Å². The van der Waals surface area contributed by atoms with Gasteiger partial charge in [0.1, 0.15) is 5.75 Å². The molecule has 0 bridgehead atoms. The van der Waals surface area contributed by atoms with Gasteiger partial charge >= 0.3 is 0 Å². The third kappa shape index (κ3) is 3.35. The molecule has 6 rings (SSSR count). The lowest BCUT2D eigenvalue weighted by Crippen LogP contribution is -2.67. The number of amides is 1. The Morgan fingerprint density at radius 2 is 1.97 bits per heavy atom. The third-order valence-corrected chi connectivity index (χ3v) is 8.15. The van der Waals surface area contributed by atoms with Crippen molar-refractivity contribution in [3.8, 4) is 5.75 Å². The molecule has 6 nitrogen and oxygen atoms in total. The summed E-state index contributed by atoms with van der Waals surface area (Å²) in [4.78, 5) is 17.3. The van der Waals surface area contributed by atoms with Crippen LogP contribution in [0.4, 0.5) is 0 Å². The molecule has 34 heavy (non-hydrogen) atoms. The number of carbonyl (C=O) groups excluding carboxylic acids is 1. The van der Waals surface area contributed by atoms with Gasteiger partial charge in [0.2, 0.25) is 5.91 Å². The molecule has 1 saturated heterocycles. The second-order valence-electron chi connectivity index (χ2n) is 10.2. The molecule has 1 N–H and O–H groups in total. The van der Waals surface area contributed by atoms with Gasteiger partial charge in [0.05, 0.1) is 25.3 Å². The van der Waals surface area contributed by atoms with Gasteiger partial charge in [-0.1, -0.05) is 23.7 Å². The Morgan fingerprint density at radius 3 is 2.65 bits per heavy atom. The number of hydrogen-bond donors (Lipinski definition) is 1. The summed E-state index contributed by atoms with van der Waals surface area (Å²) < 4.78 is 7.72. The van der Waals surface area contributed by atoms with Crippen LogP contribution in [0.3, 0.4) is 0 Å². The van der Waals surface area contributed by atoms with Crippen LogP contribution in [-0.2, 0) is 23.8 Å². The van der Waals surface area contributed by atoms with Crippen molar-refractivity contribution in [2.45, 2.75) is 30.8 Å². The van der Waals surface area contributed by atoms with E-state index < -0.39 is 0 Å². The molecule has 178 valence electrons.